The molecular formula is C9H19FN2. The van der Waals surface area contributed by atoms with Gasteiger partial charge in [-0.2, -0.15) is 0 Å². The van der Waals surface area contributed by atoms with Crippen LogP contribution in [-0.4, -0.2) is 43.3 Å². The van der Waals surface area contributed by atoms with Gasteiger partial charge in [-0.05, 0) is 13.5 Å². The fourth-order valence-electron chi connectivity index (χ4n) is 1.56. The summed E-state index contributed by atoms with van der Waals surface area (Å²) < 4.78 is 13.8. The van der Waals surface area contributed by atoms with Gasteiger partial charge >= 0.3 is 0 Å². The van der Waals surface area contributed by atoms with E-state index in [0.717, 1.165) is 6.54 Å². The van der Waals surface area contributed by atoms with E-state index in [-0.39, 0.29) is 0 Å². The molecule has 0 aromatic rings. The van der Waals surface area contributed by atoms with Crippen LogP contribution in [0, 0.1) is 0 Å². The maximum atomic E-state index is 13.8. The topological polar surface area (TPSA) is 15.3 Å². The van der Waals surface area contributed by atoms with Crippen LogP contribution < -0.4 is 5.32 Å². The fraction of sp³-hybridized carbons (Fsp3) is 1.00. The lowest BCUT2D eigenvalue weighted by Crippen LogP contribution is -2.41. The summed E-state index contributed by atoms with van der Waals surface area (Å²) in [5.41, 5.74) is -0.987. The van der Waals surface area contributed by atoms with Gasteiger partial charge < -0.3 is 10.2 Å². The fourth-order valence-corrected chi connectivity index (χ4v) is 1.56. The number of rotatable bonds is 3. The summed E-state index contributed by atoms with van der Waals surface area (Å²) in [4.78, 5) is 2.04. The third kappa shape index (κ3) is 2.72. The zero-order valence-corrected chi connectivity index (χ0v) is 8.23. The Balaban J connectivity index is 2.30. The van der Waals surface area contributed by atoms with E-state index in [1.54, 1.807) is 0 Å². The molecule has 1 unspecified atom stereocenters. The van der Waals surface area contributed by atoms with Crippen LogP contribution in [0.2, 0.25) is 0 Å². The van der Waals surface area contributed by atoms with Crippen LogP contribution in [0.1, 0.15) is 20.3 Å². The molecule has 0 bridgehead atoms. The second-order valence-corrected chi connectivity index (χ2v) is 4.17. The molecule has 0 spiro atoms. The highest BCUT2D eigenvalue weighted by molar-refractivity contribution is 4.91. The predicted octanol–water partition coefficient (Wildman–Crippen LogP) is 1.03. The molecule has 0 amide bonds. The van der Waals surface area contributed by atoms with Crippen LogP contribution in [0.15, 0.2) is 0 Å². The molecular weight excluding hydrogens is 155 g/mol. The summed E-state index contributed by atoms with van der Waals surface area (Å²) in [7, 11) is 1.97. The van der Waals surface area contributed by atoms with Crippen molar-refractivity contribution in [1.82, 2.24) is 10.2 Å². The zero-order chi connectivity index (χ0) is 9.19. The SMILES string of the molecule is CC(C)NCC1(F)CCN(C)C1. The first-order chi connectivity index (χ1) is 5.52. The van der Waals surface area contributed by atoms with Gasteiger partial charge in [-0.15, -0.1) is 0 Å². The van der Waals surface area contributed by atoms with Crippen LogP contribution in [0.4, 0.5) is 4.39 Å². The Morgan fingerprint density at radius 3 is 2.67 bits per heavy atom. The van der Waals surface area contributed by atoms with Crippen molar-refractivity contribution in [2.24, 2.45) is 0 Å². The number of nitrogens with one attached hydrogen (secondary N) is 1. The number of halogens is 1. The first kappa shape index (κ1) is 9.93. The Bertz CT molecular complexity index is 149. The number of alkyl halides is 1. The average Bonchev–Trinajstić information content (AvgIpc) is 2.29. The van der Waals surface area contributed by atoms with Crippen molar-refractivity contribution in [1.29, 1.82) is 0 Å². The van der Waals surface area contributed by atoms with Crippen molar-refractivity contribution < 1.29 is 4.39 Å². The molecule has 0 saturated carbocycles. The molecule has 0 aromatic carbocycles. The number of hydrogen-bond acceptors (Lipinski definition) is 2. The smallest absolute Gasteiger partial charge is 0.137 e. The second-order valence-electron chi connectivity index (χ2n) is 4.17. The number of likely N-dealkylation sites (tertiary alicyclic amines) is 1. The van der Waals surface area contributed by atoms with Gasteiger partial charge in [0, 0.05) is 25.7 Å². The molecule has 1 N–H and O–H groups in total. The molecule has 1 aliphatic heterocycles. The number of hydrogen-bond donors (Lipinski definition) is 1. The minimum atomic E-state index is -0.987. The highest BCUT2D eigenvalue weighted by Gasteiger charge is 2.36. The Labute approximate surface area is 74.1 Å². The lowest BCUT2D eigenvalue weighted by Gasteiger charge is -2.21. The van der Waals surface area contributed by atoms with Gasteiger partial charge in [0.15, 0.2) is 0 Å². The molecule has 0 radical (unpaired) electrons. The third-order valence-electron chi connectivity index (χ3n) is 2.32. The second kappa shape index (κ2) is 3.71. The van der Waals surface area contributed by atoms with Gasteiger partial charge in [0.1, 0.15) is 5.67 Å². The summed E-state index contributed by atoms with van der Waals surface area (Å²) in [6.45, 7) is 6.04. The molecule has 1 saturated heterocycles. The molecule has 1 atom stereocenters. The quantitative estimate of drug-likeness (QED) is 0.687. The molecule has 0 aliphatic carbocycles. The Kier molecular flexibility index (Phi) is 3.07. The summed E-state index contributed by atoms with van der Waals surface area (Å²) in [5.74, 6) is 0. The maximum absolute atomic E-state index is 13.8. The lowest BCUT2D eigenvalue weighted by molar-refractivity contribution is 0.165. The van der Waals surface area contributed by atoms with Crippen molar-refractivity contribution in [3.63, 3.8) is 0 Å². The molecule has 0 aromatic heterocycles. The van der Waals surface area contributed by atoms with E-state index in [0.29, 0.717) is 25.6 Å². The highest BCUT2D eigenvalue weighted by atomic mass is 19.1. The monoisotopic (exact) mass is 174 g/mol. The van der Waals surface area contributed by atoms with Crippen molar-refractivity contribution in [2.45, 2.75) is 32.0 Å². The van der Waals surface area contributed by atoms with Crippen LogP contribution in [0.5, 0.6) is 0 Å². The van der Waals surface area contributed by atoms with Crippen molar-refractivity contribution in [2.75, 3.05) is 26.7 Å². The van der Waals surface area contributed by atoms with E-state index in [1.165, 1.54) is 0 Å². The normalized spacial score (nSPS) is 31.8. The van der Waals surface area contributed by atoms with Crippen LogP contribution in [-0.2, 0) is 0 Å². The lowest BCUT2D eigenvalue weighted by atomic mass is 10.1. The first-order valence-electron chi connectivity index (χ1n) is 4.63. The van der Waals surface area contributed by atoms with Gasteiger partial charge in [-0.1, -0.05) is 13.8 Å². The van der Waals surface area contributed by atoms with Crippen molar-refractivity contribution >= 4 is 0 Å². The summed E-state index contributed by atoms with van der Waals surface area (Å²) >= 11 is 0. The average molecular weight is 174 g/mol. The maximum Gasteiger partial charge on any atom is 0.137 e. The van der Waals surface area contributed by atoms with Crippen molar-refractivity contribution in [3.8, 4) is 0 Å². The molecule has 12 heavy (non-hydrogen) atoms. The Morgan fingerprint density at radius 1 is 1.58 bits per heavy atom. The predicted molar refractivity (Wildman–Crippen MR) is 49.1 cm³/mol. The molecule has 1 aliphatic rings. The minimum Gasteiger partial charge on any atom is -0.311 e. The standard InChI is InChI=1S/C9H19FN2/c1-8(2)11-6-9(10)4-5-12(3)7-9/h8,11H,4-7H2,1-3H3. The van der Waals surface area contributed by atoms with E-state index in [9.17, 15) is 4.39 Å². The summed E-state index contributed by atoms with van der Waals surface area (Å²) in [5, 5.41) is 3.15. The molecule has 1 heterocycles. The van der Waals surface area contributed by atoms with Gasteiger partial charge in [-0.3, -0.25) is 0 Å². The van der Waals surface area contributed by atoms with E-state index >= 15 is 0 Å². The van der Waals surface area contributed by atoms with Crippen molar-refractivity contribution in [3.05, 3.63) is 0 Å². The molecule has 2 nitrogen and oxygen atoms in total. The van der Waals surface area contributed by atoms with Crippen LogP contribution in [0.25, 0.3) is 0 Å². The Hall–Kier alpha value is -0.150. The first-order valence-corrected chi connectivity index (χ1v) is 4.63. The van der Waals surface area contributed by atoms with Gasteiger partial charge in [-0.25, -0.2) is 4.39 Å². The van der Waals surface area contributed by atoms with Crippen LogP contribution in [0.3, 0.4) is 0 Å². The van der Waals surface area contributed by atoms with Crippen LogP contribution >= 0.6 is 0 Å². The van der Waals surface area contributed by atoms with E-state index < -0.39 is 5.67 Å². The molecule has 3 heteroatoms. The Morgan fingerprint density at radius 2 is 2.25 bits per heavy atom. The summed E-state index contributed by atoms with van der Waals surface area (Å²) in [6, 6.07) is 0.378. The third-order valence-corrected chi connectivity index (χ3v) is 2.32. The van der Waals surface area contributed by atoms with E-state index in [1.807, 2.05) is 25.8 Å². The summed E-state index contributed by atoms with van der Waals surface area (Å²) in [6.07, 6.45) is 0.670. The molecule has 1 rings (SSSR count). The highest BCUT2D eigenvalue weighted by Crippen LogP contribution is 2.23. The van der Waals surface area contributed by atoms with Gasteiger partial charge in [0.25, 0.3) is 0 Å². The van der Waals surface area contributed by atoms with E-state index in [4.69, 9.17) is 0 Å². The van der Waals surface area contributed by atoms with E-state index in [2.05, 4.69) is 5.32 Å². The molecule has 72 valence electrons. The van der Waals surface area contributed by atoms with Gasteiger partial charge in [0.05, 0.1) is 0 Å². The van der Waals surface area contributed by atoms with Gasteiger partial charge in [0.2, 0.25) is 0 Å². The zero-order valence-electron chi connectivity index (χ0n) is 8.23. The molecule has 1 fully saturated rings. The largest absolute Gasteiger partial charge is 0.311 e. The number of nitrogens with zero attached hydrogens (tertiary/aromatic N) is 1. The minimum absolute atomic E-state index is 0.378.